The third-order valence-corrected chi connectivity index (χ3v) is 7.61. The zero-order valence-electron chi connectivity index (χ0n) is 19.2. The number of nitrogens with one attached hydrogen (secondary N) is 1. The van der Waals surface area contributed by atoms with E-state index in [1.807, 2.05) is 6.07 Å². The highest BCUT2D eigenvalue weighted by atomic mass is 32.2. The molecule has 1 aliphatic rings. The topological polar surface area (TPSA) is 103 Å². The summed E-state index contributed by atoms with van der Waals surface area (Å²) >= 11 is 0. The molecular formula is C23H30N2O7S. The van der Waals surface area contributed by atoms with Gasteiger partial charge in [-0.25, -0.2) is 8.42 Å². The van der Waals surface area contributed by atoms with E-state index in [0.717, 1.165) is 5.56 Å². The van der Waals surface area contributed by atoms with Crippen LogP contribution in [0, 0.1) is 5.92 Å². The monoisotopic (exact) mass is 478 g/mol. The summed E-state index contributed by atoms with van der Waals surface area (Å²) in [5.41, 5.74) is 0.748. The van der Waals surface area contributed by atoms with Gasteiger partial charge in [0.15, 0.2) is 0 Å². The molecule has 0 saturated carbocycles. The van der Waals surface area contributed by atoms with Gasteiger partial charge in [-0.15, -0.1) is 0 Å². The minimum atomic E-state index is -3.82. The van der Waals surface area contributed by atoms with Crippen LogP contribution in [0.2, 0.25) is 0 Å². The molecular weight excluding hydrogens is 448 g/mol. The second-order valence-corrected chi connectivity index (χ2v) is 9.54. The van der Waals surface area contributed by atoms with Crippen LogP contribution in [0.15, 0.2) is 47.4 Å². The van der Waals surface area contributed by atoms with Crippen LogP contribution >= 0.6 is 0 Å². The van der Waals surface area contributed by atoms with Crippen molar-refractivity contribution in [2.45, 2.75) is 10.8 Å². The average molecular weight is 479 g/mol. The number of ether oxygens (including phenoxy) is 4. The lowest BCUT2D eigenvalue weighted by molar-refractivity contribution is -0.125. The fraction of sp³-hybridized carbons (Fsp3) is 0.435. The zero-order valence-corrected chi connectivity index (χ0v) is 20.1. The fourth-order valence-electron chi connectivity index (χ4n) is 3.97. The van der Waals surface area contributed by atoms with Gasteiger partial charge in [-0.2, -0.15) is 4.31 Å². The van der Waals surface area contributed by atoms with Crippen LogP contribution in [0.1, 0.15) is 11.5 Å². The molecule has 9 nitrogen and oxygen atoms in total. The van der Waals surface area contributed by atoms with E-state index < -0.39 is 21.9 Å². The van der Waals surface area contributed by atoms with Gasteiger partial charge in [0.2, 0.25) is 15.9 Å². The maximum Gasteiger partial charge on any atom is 0.243 e. The fourth-order valence-corrected chi connectivity index (χ4v) is 5.47. The highest BCUT2D eigenvalue weighted by molar-refractivity contribution is 7.89. The molecule has 10 heteroatoms. The number of carbonyl (C=O) groups excluding carboxylic acids is 1. The Bertz CT molecular complexity index is 1060. The van der Waals surface area contributed by atoms with Crippen molar-refractivity contribution in [1.29, 1.82) is 0 Å². The molecule has 180 valence electrons. The minimum absolute atomic E-state index is 0.0486. The predicted molar refractivity (Wildman–Crippen MR) is 122 cm³/mol. The maximum absolute atomic E-state index is 13.4. The molecule has 0 unspecified atom stereocenters. The van der Waals surface area contributed by atoms with E-state index in [0.29, 0.717) is 30.4 Å². The maximum atomic E-state index is 13.4. The van der Waals surface area contributed by atoms with Crippen molar-refractivity contribution in [2.75, 3.05) is 54.7 Å². The first-order valence-electron chi connectivity index (χ1n) is 10.5. The van der Waals surface area contributed by atoms with E-state index in [-0.39, 0.29) is 23.9 Å². The van der Waals surface area contributed by atoms with E-state index in [1.165, 1.54) is 30.7 Å². The number of sulfonamides is 1. The van der Waals surface area contributed by atoms with Crippen LogP contribution in [0.5, 0.6) is 17.2 Å². The van der Waals surface area contributed by atoms with Gasteiger partial charge in [0, 0.05) is 38.7 Å². The summed E-state index contributed by atoms with van der Waals surface area (Å²) in [6.45, 7) is 0.888. The van der Waals surface area contributed by atoms with Gasteiger partial charge in [0.1, 0.15) is 17.2 Å². The van der Waals surface area contributed by atoms with Gasteiger partial charge in [-0.1, -0.05) is 6.07 Å². The summed E-state index contributed by atoms with van der Waals surface area (Å²) in [5.74, 6) is 0.475. The molecule has 1 aliphatic heterocycles. The Balaban J connectivity index is 1.95. The first-order chi connectivity index (χ1) is 15.8. The average Bonchev–Trinajstić information content (AvgIpc) is 3.30. The summed E-state index contributed by atoms with van der Waals surface area (Å²) in [5, 5.41) is 2.84. The lowest BCUT2D eigenvalue weighted by Gasteiger charge is -2.21. The second-order valence-electron chi connectivity index (χ2n) is 7.60. The molecule has 1 fully saturated rings. The molecule has 3 rings (SSSR count). The Hall–Kier alpha value is -2.82. The van der Waals surface area contributed by atoms with E-state index in [4.69, 9.17) is 18.9 Å². The van der Waals surface area contributed by atoms with Crippen molar-refractivity contribution >= 4 is 15.9 Å². The van der Waals surface area contributed by atoms with Gasteiger partial charge in [-0.3, -0.25) is 4.79 Å². The van der Waals surface area contributed by atoms with Crippen LogP contribution in [0.3, 0.4) is 0 Å². The minimum Gasteiger partial charge on any atom is -0.497 e. The van der Waals surface area contributed by atoms with Crippen LogP contribution in [0.25, 0.3) is 0 Å². The Morgan fingerprint density at radius 1 is 0.970 bits per heavy atom. The lowest BCUT2D eigenvalue weighted by atomic mass is 9.87. The van der Waals surface area contributed by atoms with E-state index >= 15 is 0 Å². The molecule has 0 aliphatic carbocycles. The Morgan fingerprint density at radius 3 is 2.24 bits per heavy atom. The Kier molecular flexibility index (Phi) is 8.17. The smallest absolute Gasteiger partial charge is 0.243 e. The molecule has 2 aromatic carbocycles. The summed E-state index contributed by atoms with van der Waals surface area (Å²) in [6, 6.07) is 11.5. The highest BCUT2D eigenvalue weighted by Gasteiger charge is 2.44. The van der Waals surface area contributed by atoms with Gasteiger partial charge in [-0.05, 0) is 35.9 Å². The molecule has 1 saturated heterocycles. The van der Waals surface area contributed by atoms with Crippen LogP contribution in [0.4, 0.5) is 0 Å². The summed E-state index contributed by atoms with van der Waals surface area (Å²) in [4.78, 5) is 13.2. The van der Waals surface area contributed by atoms with Gasteiger partial charge in [0.25, 0.3) is 0 Å². The van der Waals surface area contributed by atoms with Gasteiger partial charge < -0.3 is 24.3 Å². The lowest BCUT2D eigenvalue weighted by Crippen LogP contribution is -2.37. The Labute approximate surface area is 194 Å². The molecule has 0 spiro atoms. The summed E-state index contributed by atoms with van der Waals surface area (Å²) < 4.78 is 49.1. The van der Waals surface area contributed by atoms with Crippen molar-refractivity contribution < 1.29 is 32.2 Å². The second kappa shape index (κ2) is 10.9. The number of nitrogens with zero attached hydrogens (tertiary/aromatic N) is 1. The van der Waals surface area contributed by atoms with Crippen molar-refractivity contribution in [2.24, 2.45) is 5.92 Å². The first-order valence-corrected chi connectivity index (χ1v) is 11.9. The largest absolute Gasteiger partial charge is 0.497 e. The van der Waals surface area contributed by atoms with Crippen molar-refractivity contribution in [3.8, 4) is 17.2 Å². The number of carbonyl (C=O) groups is 1. The van der Waals surface area contributed by atoms with Crippen molar-refractivity contribution in [3.63, 3.8) is 0 Å². The third-order valence-electron chi connectivity index (χ3n) is 5.77. The zero-order chi connectivity index (χ0) is 24.0. The number of hydrogen-bond donors (Lipinski definition) is 1. The number of benzene rings is 2. The SMILES string of the molecule is COCCNC(=O)[C@@H]1CN(S(=O)(=O)c2ccc(OC)cc2)C[C@@H]1c1ccc(OC)cc1OC. The van der Waals surface area contributed by atoms with E-state index in [9.17, 15) is 13.2 Å². The molecule has 2 aromatic rings. The molecule has 1 N–H and O–H groups in total. The predicted octanol–water partition coefficient (Wildman–Crippen LogP) is 1.88. The van der Waals surface area contributed by atoms with Crippen LogP contribution in [-0.4, -0.2) is 73.3 Å². The molecule has 0 aromatic heterocycles. The first kappa shape index (κ1) is 24.8. The van der Waals surface area contributed by atoms with E-state index in [2.05, 4.69) is 5.32 Å². The normalized spacial score (nSPS) is 18.7. The quantitative estimate of drug-likeness (QED) is 0.520. The van der Waals surface area contributed by atoms with Crippen LogP contribution < -0.4 is 19.5 Å². The van der Waals surface area contributed by atoms with E-state index in [1.54, 1.807) is 38.5 Å². The number of methoxy groups -OCH3 is 4. The molecule has 1 amide bonds. The molecule has 2 atom stereocenters. The van der Waals surface area contributed by atoms with Crippen molar-refractivity contribution in [1.82, 2.24) is 9.62 Å². The number of hydrogen-bond acceptors (Lipinski definition) is 7. The highest BCUT2D eigenvalue weighted by Crippen LogP contribution is 2.41. The number of amides is 1. The standard InChI is InChI=1S/C23H30N2O7S/c1-29-12-11-24-23(26)21-15-25(33(27,28)18-8-5-16(30-2)6-9-18)14-20(21)19-10-7-17(31-3)13-22(19)32-4/h5-10,13,20-21H,11-12,14-15H2,1-4H3,(H,24,26)/t20-,21-/m1/s1. The van der Waals surface area contributed by atoms with Gasteiger partial charge >= 0.3 is 0 Å². The third kappa shape index (κ3) is 5.40. The molecule has 33 heavy (non-hydrogen) atoms. The Morgan fingerprint density at radius 2 is 1.64 bits per heavy atom. The summed E-state index contributed by atoms with van der Waals surface area (Å²) in [7, 11) is 2.34. The van der Waals surface area contributed by atoms with Gasteiger partial charge in [0.05, 0.1) is 38.7 Å². The molecule has 0 radical (unpaired) electrons. The van der Waals surface area contributed by atoms with Crippen LogP contribution in [-0.2, 0) is 19.6 Å². The molecule has 1 heterocycles. The number of rotatable bonds is 10. The summed E-state index contributed by atoms with van der Waals surface area (Å²) in [6.07, 6.45) is 0. The van der Waals surface area contributed by atoms with Crippen molar-refractivity contribution in [3.05, 3.63) is 48.0 Å². The molecule has 0 bridgehead atoms.